The highest BCUT2D eigenvalue weighted by Gasteiger charge is 2.14. The molecule has 0 atom stereocenters. The van der Waals surface area contributed by atoms with Crippen molar-refractivity contribution < 1.29 is 9.47 Å². The summed E-state index contributed by atoms with van der Waals surface area (Å²) in [5.41, 5.74) is 0.663. The van der Waals surface area contributed by atoms with Crippen LogP contribution in [-0.2, 0) is 9.47 Å². The van der Waals surface area contributed by atoms with Gasteiger partial charge in [-0.05, 0) is 20.8 Å². The van der Waals surface area contributed by atoms with Crippen molar-refractivity contribution in [1.82, 2.24) is 9.97 Å². The van der Waals surface area contributed by atoms with Gasteiger partial charge in [0.05, 0.1) is 0 Å². The van der Waals surface area contributed by atoms with Crippen LogP contribution in [0.25, 0.3) is 0 Å². The zero-order valence-corrected chi connectivity index (χ0v) is 9.91. The van der Waals surface area contributed by atoms with Gasteiger partial charge in [-0.1, -0.05) is 11.6 Å². The Morgan fingerprint density at radius 2 is 1.87 bits per heavy atom. The topological polar surface area (TPSA) is 44.2 Å². The maximum absolute atomic E-state index is 5.83. The van der Waals surface area contributed by atoms with Gasteiger partial charge < -0.3 is 9.47 Å². The van der Waals surface area contributed by atoms with Crippen molar-refractivity contribution in [3.8, 4) is 0 Å². The Hall–Kier alpha value is -0.710. The van der Waals surface area contributed by atoms with Gasteiger partial charge in [0.25, 0.3) is 0 Å². The molecule has 0 saturated carbocycles. The molecule has 1 aromatic rings. The molecule has 0 radical (unpaired) electrons. The second kappa shape index (κ2) is 6.00. The number of rotatable bonds is 5. The molecule has 0 fully saturated rings. The SMILES string of the molecule is CCOC(OCC)c1cc(Cl)nc(C)n1. The normalized spacial score (nSPS) is 11.0. The van der Waals surface area contributed by atoms with E-state index in [-0.39, 0.29) is 0 Å². The maximum Gasteiger partial charge on any atom is 0.201 e. The summed E-state index contributed by atoms with van der Waals surface area (Å²) in [5, 5.41) is 0.405. The molecule has 1 aromatic heterocycles. The second-order valence-corrected chi connectivity index (χ2v) is 3.29. The summed E-state index contributed by atoms with van der Waals surface area (Å²) in [4.78, 5) is 8.21. The van der Waals surface area contributed by atoms with Crippen LogP contribution in [0.1, 0.15) is 31.7 Å². The number of aromatic nitrogens is 2. The van der Waals surface area contributed by atoms with Crippen molar-refractivity contribution in [2.45, 2.75) is 27.1 Å². The second-order valence-electron chi connectivity index (χ2n) is 2.91. The third-order valence-corrected chi connectivity index (χ3v) is 1.90. The van der Waals surface area contributed by atoms with Crippen LogP contribution in [0.15, 0.2) is 6.07 Å². The van der Waals surface area contributed by atoms with Crippen LogP contribution in [0.3, 0.4) is 0 Å². The van der Waals surface area contributed by atoms with Gasteiger partial charge in [-0.25, -0.2) is 9.97 Å². The number of hydrogen-bond acceptors (Lipinski definition) is 4. The van der Waals surface area contributed by atoms with E-state index >= 15 is 0 Å². The molecule has 5 heteroatoms. The van der Waals surface area contributed by atoms with Crippen LogP contribution >= 0.6 is 11.6 Å². The molecule has 1 heterocycles. The lowest BCUT2D eigenvalue weighted by Gasteiger charge is -2.16. The average molecular weight is 231 g/mol. The van der Waals surface area contributed by atoms with E-state index in [1.54, 1.807) is 13.0 Å². The van der Waals surface area contributed by atoms with Crippen molar-refractivity contribution in [1.29, 1.82) is 0 Å². The van der Waals surface area contributed by atoms with Crippen LogP contribution in [-0.4, -0.2) is 23.2 Å². The van der Waals surface area contributed by atoms with Gasteiger partial charge in [-0.15, -0.1) is 0 Å². The quantitative estimate of drug-likeness (QED) is 0.576. The van der Waals surface area contributed by atoms with E-state index in [9.17, 15) is 0 Å². The van der Waals surface area contributed by atoms with Crippen LogP contribution in [0.2, 0.25) is 5.15 Å². The molecular weight excluding hydrogens is 216 g/mol. The van der Waals surface area contributed by atoms with Gasteiger partial charge in [-0.2, -0.15) is 0 Å². The fourth-order valence-electron chi connectivity index (χ4n) is 1.20. The Kier molecular flexibility index (Phi) is 4.94. The molecule has 0 aromatic carbocycles. The predicted molar refractivity (Wildman–Crippen MR) is 57.8 cm³/mol. The number of hydrogen-bond donors (Lipinski definition) is 0. The molecule has 0 bridgehead atoms. The summed E-state index contributed by atoms with van der Waals surface area (Å²) < 4.78 is 10.8. The van der Waals surface area contributed by atoms with Crippen LogP contribution < -0.4 is 0 Å². The van der Waals surface area contributed by atoms with E-state index in [0.29, 0.717) is 29.9 Å². The average Bonchev–Trinajstić information content (AvgIpc) is 2.16. The van der Waals surface area contributed by atoms with Gasteiger partial charge in [0, 0.05) is 19.3 Å². The Morgan fingerprint density at radius 3 is 2.33 bits per heavy atom. The van der Waals surface area contributed by atoms with E-state index in [1.165, 1.54) is 0 Å². The first-order valence-corrected chi connectivity index (χ1v) is 5.29. The van der Waals surface area contributed by atoms with E-state index < -0.39 is 6.29 Å². The fraction of sp³-hybridized carbons (Fsp3) is 0.600. The minimum Gasteiger partial charge on any atom is -0.347 e. The standard InChI is InChI=1S/C10H15ClN2O2/c1-4-14-10(15-5-2)8-6-9(11)13-7(3)12-8/h6,10H,4-5H2,1-3H3. The molecule has 0 spiro atoms. The molecule has 0 unspecified atom stereocenters. The van der Waals surface area contributed by atoms with Crippen LogP contribution in [0.5, 0.6) is 0 Å². The molecular formula is C10H15ClN2O2. The van der Waals surface area contributed by atoms with Gasteiger partial charge in [0.15, 0.2) is 0 Å². The van der Waals surface area contributed by atoms with Crippen molar-refractivity contribution in [2.24, 2.45) is 0 Å². The van der Waals surface area contributed by atoms with Gasteiger partial charge >= 0.3 is 0 Å². The molecule has 0 aliphatic carbocycles. The third kappa shape index (κ3) is 3.74. The predicted octanol–water partition coefficient (Wildman–Crippen LogP) is 2.51. The van der Waals surface area contributed by atoms with E-state index in [4.69, 9.17) is 21.1 Å². The first kappa shape index (κ1) is 12.4. The first-order chi connectivity index (χ1) is 7.17. The summed E-state index contributed by atoms with van der Waals surface area (Å²) in [6, 6.07) is 1.66. The summed E-state index contributed by atoms with van der Waals surface area (Å²) >= 11 is 5.83. The summed E-state index contributed by atoms with van der Waals surface area (Å²) in [6.45, 7) is 6.71. The molecule has 0 saturated heterocycles. The van der Waals surface area contributed by atoms with Crippen molar-refractivity contribution in [3.05, 3.63) is 22.7 Å². The zero-order chi connectivity index (χ0) is 11.3. The van der Waals surface area contributed by atoms with Crippen molar-refractivity contribution in [3.63, 3.8) is 0 Å². The molecule has 84 valence electrons. The number of halogens is 1. The first-order valence-electron chi connectivity index (χ1n) is 4.91. The maximum atomic E-state index is 5.83. The molecule has 15 heavy (non-hydrogen) atoms. The largest absolute Gasteiger partial charge is 0.347 e. The Bertz CT molecular complexity index is 294. The minimum absolute atomic E-state index is 0.405. The molecule has 0 aliphatic heterocycles. The number of ether oxygens (including phenoxy) is 2. The van der Waals surface area contributed by atoms with E-state index in [2.05, 4.69) is 9.97 Å². The smallest absolute Gasteiger partial charge is 0.201 e. The van der Waals surface area contributed by atoms with Gasteiger partial charge in [0.1, 0.15) is 16.7 Å². The summed E-state index contributed by atoms with van der Waals surface area (Å²) in [6.07, 6.45) is -0.459. The molecule has 0 N–H and O–H groups in total. The number of nitrogens with zero attached hydrogens (tertiary/aromatic N) is 2. The van der Waals surface area contributed by atoms with Crippen LogP contribution in [0.4, 0.5) is 0 Å². The zero-order valence-electron chi connectivity index (χ0n) is 9.16. The molecule has 0 amide bonds. The minimum atomic E-state index is -0.459. The van der Waals surface area contributed by atoms with E-state index in [1.807, 2.05) is 13.8 Å². The van der Waals surface area contributed by atoms with Gasteiger partial charge in [0.2, 0.25) is 6.29 Å². The fourth-order valence-corrected chi connectivity index (χ4v) is 1.43. The molecule has 4 nitrogen and oxygen atoms in total. The lowest BCUT2D eigenvalue weighted by Crippen LogP contribution is -2.11. The summed E-state index contributed by atoms with van der Waals surface area (Å²) in [5.74, 6) is 0.613. The number of aryl methyl sites for hydroxylation is 1. The highest BCUT2D eigenvalue weighted by atomic mass is 35.5. The third-order valence-electron chi connectivity index (χ3n) is 1.70. The molecule has 1 rings (SSSR count). The molecule has 0 aliphatic rings. The Morgan fingerprint density at radius 1 is 1.27 bits per heavy atom. The highest BCUT2D eigenvalue weighted by Crippen LogP contribution is 2.19. The van der Waals surface area contributed by atoms with E-state index in [0.717, 1.165) is 0 Å². The highest BCUT2D eigenvalue weighted by molar-refractivity contribution is 6.29. The van der Waals surface area contributed by atoms with Crippen LogP contribution in [0, 0.1) is 6.92 Å². The lowest BCUT2D eigenvalue weighted by molar-refractivity contribution is -0.142. The Labute approximate surface area is 94.6 Å². The van der Waals surface area contributed by atoms with Gasteiger partial charge in [-0.3, -0.25) is 0 Å². The van der Waals surface area contributed by atoms with Crippen molar-refractivity contribution >= 4 is 11.6 Å². The van der Waals surface area contributed by atoms with Crippen molar-refractivity contribution in [2.75, 3.05) is 13.2 Å². The Balaban J connectivity index is 2.88. The summed E-state index contributed by atoms with van der Waals surface area (Å²) in [7, 11) is 0. The monoisotopic (exact) mass is 230 g/mol. The lowest BCUT2D eigenvalue weighted by atomic mass is 10.4.